The predicted molar refractivity (Wildman–Crippen MR) is 129 cm³/mol. The van der Waals surface area contributed by atoms with Crippen LogP contribution in [-0.4, -0.2) is 38.7 Å². The smallest absolute Gasteiger partial charge is 0.240 e. The van der Waals surface area contributed by atoms with E-state index in [4.69, 9.17) is 16.0 Å². The molecule has 2 aromatic heterocycles. The van der Waals surface area contributed by atoms with Crippen LogP contribution in [0.5, 0.6) is 0 Å². The van der Waals surface area contributed by atoms with Gasteiger partial charge in [0.15, 0.2) is 11.0 Å². The minimum atomic E-state index is -0.401. The standard InChI is InChI=1S/C25H23ClN4O2S/c26-20-12-10-19(11-13-20)23-27-28-25(30(23)17-21-9-6-16-32-21)33-22(18-7-2-1-3-8-18)24(31)29-14-4-5-15-29/h1-3,6-13,16,22H,4-5,14-15,17H2. The van der Waals surface area contributed by atoms with Crippen molar-refractivity contribution in [2.45, 2.75) is 29.8 Å². The van der Waals surface area contributed by atoms with Crippen LogP contribution in [0.1, 0.15) is 29.4 Å². The second-order valence-electron chi connectivity index (χ2n) is 7.92. The van der Waals surface area contributed by atoms with Crippen molar-refractivity contribution in [1.82, 2.24) is 19.7 Å². The molecular weight excluding hydrogens is 456 g/mol. The van der Waals surface area contributed by atoms with E-state index in [0.717, 1.165) is 42.8 Å². The number of benzene rings is 2. The molecule has 0 N–H and O–H groups in total. The average molecular weight is 479 g/mol. The fourth-order valence-corrected chi connectivity index (χ4v) is 5.23. The molecule has 6 nitrogen and oxygen atoms in total. The summed E-state index contributed by atoms with van der Waals surface area (Å²) in [5, 5.41) is 9.90. The Morgan fingerprint density at radius 2 is 1.76 bits per heavy atom. The predicted octanol–water partition coefficient (Wildman–Crippen LogP) is 5.70. The Kier molecular flexibility index (Phi) is 6.51. The number of carbonyl (C=O) groups is 1. The number of hydrogen-bond donors (Lipinski definition) is 0. The summed E-state index contributed by atoms with van der Waals surface area (Å²) in [6.07, 6.45) is 3.75. The van der Waals surface area contributed by atoms with Crippen LogP contribution in [0.2, 0.25) is 5.02 Å². The average Bonchev–Trinajstić information content (AvgIpc) is 3.62. The van der Waals surface area contributed by atoms with Crippen molar-refractivity contribution in [1.29, 1.82) is 0 Å². The van der Waals surface area contributed by atoms with Crippen LogP contribution in [0.4, 0.5) is 0 Å². The number of rotatable bonds is 7. The van der Waals surface area contributed by atoms with E-state index < -0.39 is 5.25 Å². The van der Waals surface area contributed by atoms with E-state index in [0.29, 0.717) is 22.5 Å². The SMILES string of the molecule is O=C(C(Sc1nnc(-c2ccc(Cl)cc2)n1Cc1ccco1)c1ccccc1)N1CCCC1. The monoisotopic (exact) mass is 478 g/mol. The number of hydrogen-bond acceptors (Lipinski definition) is 5. The van der Waals surface area contributed by atoms with Gasteiger partial charge in [0.05, 0.1) is 12.8 Å². The highest BCUT2D eigenvalue weighted by molar-refractivity contribution is 8.00. The van der Waals surface area contributed by atoms with Gasteiger partial charge in [-0.05, 0) is 54.8 Å². The third-order valence-electron chi connectivity index (χ3n) is 5.68. The van der Waals surface area contributed by atoms with Gasteiger partial charge in [0, 0.05) is 23.7 Å². The minimum absolute atomic E-state index is 0.115. The maximum Gasteiger partial charge on any atom is 0.240 e. The van der Waals surface area contributed by atoms with Crippen molar-refractivity contribution in [2.75, 3.05) is 13.1 Å². The Bertz CT molecular complexity index is 1200. The highest BCUT2D eigenvalue weighted by Crippen LogP contribution is 2.38. The molecule has 0 bridgehead atoms. The Balaban J connectivity index is 1.53. The molecule has 1 atom stereocenters. The molecule has 2 aromatic carbocycles. The summed E-state index contributed by atoms with van der Waals surface area (Å²) in [7, 11) is 0. The van der Waals surface area contributed by atoms with Crippen molar-refractivity contribution < 1.29 is 9.21 Å². The van der Waals surface area contributed by atoms with Crippen LogP contribution in [0.25, 0.3) is 11.4 Å². The van der Waals surface area contributed by atoms with Crippen LogP contribution in [0, 0.1) is 0 Å². The van der Waals surface area contributed by atoms with Gasteiger partial charge in [-0.3, -0.25) is 9.36 Å². The second-order valence-corrected chi connectivity index (χ2v) is 9.43. The normalized spacial score (nSPS) is 14.5. The van der Waals surface area contributed by atoms with E-state index in [-0.39, 0.29) is 5.91 Å². The first kappa shape index (κ1) is 21.8. The van der Waals surface area contributed by atoms with Crippen molar-refractivity contribution >= 4 is 29.3 Å². The molecule has 4 aromatic rings. The van der Waals surface area contributed by atoms with Crippen molar-refractivity contribution in [2.24, 2.45) is 0 Å². The van der Waals surface area contributed by atoms with Gasteiger partial charge in [0.2, 0.25) is 5.91 Å². The third kappa shape index (κ3) is 4.84. The first-order valence-electron chi connectivity index (χ1n) is 10.9. The summed E-state index contributed by atoms with van der Waals surface area (Å²) in [6.45, 7) is 2.06. The van der Waals surface area contributed by atoms with E-state index in [1.165, 1.54) is 11.8 Å². The fraction of sp³-hybridized carbons (Fsp3) is 0.240. The summed E-state index contributed by atoms with van der Waals surface area (Å²) in [5.41, 5.74) is 1.85. The number of nitrogens with zero attached hydrogens (tertiary/aromatic N) is 4. The second kappa shape index (κ2) is 9.85. The number of halogens is 1. The van der Waals surface area contributed by atoms with Gasteiger partial charge in [0.1, 0.15) is 11.0 Å². The summed E-state index contributed by atoms with van der Waals surface area (Å²) in [6, 6.07) is 21.2. The van der Waals surface area contributed by atoms with Gasteiger partial charge in [-0.25, -0.2) is 0 Å². The van der Waals surface area contributed by atoms with Gasteiger partial charge >= 0.3 is 0 Å². The van der Waals surface area contributed by atoms with Gasteiger partial charge in [-0.1, -0.05) is 53.7 Å². The van der Waals surface area contributed by atoms with Gasteiger partial charge < -0.3 is 9.32 Å². The van der Waals surface area contributed by atoms with Crippen molar-refractivity contribution in [3.05, 3.63) is 89.3 Å². The molecule has 3 heterocycles. The zero-order chi connectivity index (χ0) is 22.6. The summed E-state index contributed by atoms with van der Waals surface area (Å²) in [4.78, 5) is 15.5. The van der Waals surface area contributed by atoms with Crippen LogP contribution in [0.15, 0.2) is 82.6 Å². The molecular formula is C25H23ClN4O2S. The minimum Gasteiger partial charge on any atom is -0.467 e. The molecule has 5 rings (SSSR count). The summed E-state index contributed by atoms with van der Waals surface area (Å²) >= 11 is 7.52. The third-order valence-corrected chi connectivity index (χ3v) is 7.16. The fourth-order valence-electron chi connectivity index (χ4n) is 3.99. The number of thioether (sulfide) groups is 1. The largest absolute Gasteiger partial charge is 0.467 e. The Hall–Kier alpha value is -3.03. The van der Waals surface area contributed by atoms with Gasteiger partial charge in [0.25, 0.3) is 0 Å². The molecule has 1 aliphatic rings. The number of aromatic nitrogens is 3. The van der Waals surface area contributed by atoms with Crippen LogP contribution < -0.4 is 0 Å². The first-order valence-corrected chi connectivity index (χ1v) is 12.2. The maximum atomic E-state index is 13.5. The number of carbonyl (C=O) groups excluding carboxylic acids is 1. The number of furan rings is 1. The molecule has 0 spiro atoms. The molecule has 0 saturated carbocycles. The molecule has 1 saturated heterocycles. The molecule has 0 radical (unpaired) electrons. The van der Waals surface area contributed by atoms with Crippen LogP contribution >= 0.6 is 23.4 Å². The lowest BCUT2D eigenvalue weighted by Crippen LogP contribution is -2.31. The first-order chi connectivity index (χ1) is 16.2. The molecule has 1 unspecified atom stereocenters. The summed E-state index contributed by atoms with van der Waals surface area (Å²) < 4.78 is 7.61. The highest BCUT2D eigenvalue weighted by atomic mass is 35.5. The van der Waals surface area contributed by atoms with E-state index in [1.807, 2.05) is 76.2 Å². The van der Waals surface area contributed by atoms with E-state index >= 15 is 0 Å². The van der Waals surface area contributed by atoms with Crippen LogP contribution in [-0.2, 0) is 11.3 Å². The molecule has 8 heteroatoms. The van der Waals surface area contributed by atoms with E-state index in [9.17, 15) is 4.79 Å². The lowest BCUT2D eigenvalue weighted by atomic mass is 10.1. The van der Waals surface area contributed by atoms with Gasteiger partial charge in [-0.15, -0.1) is 10.2 Å². The quantitative estimate of drug-likeness (QED) is 0.319. The lowest BCUT2D eigenvalue weighted by Gasteiger charge is -2.23. The Morgan fingerprint density at radius 3 is 2.45 bits per heavy atom. The molecule has 1 fully saturated rings. The van der Waals surface area contributed by atoms with Gasteiger partial charge in [-0.2, -0.15) is 0 Å². The zero-order valence-corrected chi connectivity index (χ0v) is 19.5. The number of likely N-dealkylation sites (tertiary alicyclic amines) is 1. The molecule has 1 amide bonds. The molecule has 0 aliphatic carbocycles. The lowest BCUT2D eigenvalue weighted by molar-refractivity contribution is -0.129. The zero-order valence-electron chi connectivity index (χ0n) is 17.9. The maximum absolute atomic E-state index is 13.5. The van der Waals surface area contributed by atoms with Crippen molar-refractivity contribution in [3.8, 4) is 11.4 Å². The van der Waals surface area contributed by atoms with Crippen LogP contribution in [0.3, 0.4) is 0 Å². The number of amides is 1. The van der Waals surface area contributed by atoms with E-state index in [1.54, 1.807) is 6.26 Å². The molecule has 1 aliphatic heterocycles. The topological polar surface area (TPSA) is 64.2 Å². The summed E-state index contributed by atoms with van der Waals surface area (Å²) in [5.74, 6) is 1.60. The Labute approximate surface area is 201 Å². The Morgan fingerprint density at radius 1 is 1.00 bits per heavy atom. The highest BCUT2D eigenvalue weighted by Gasteiger charge is 2.31. The van der Waals surface area contributed by atoms with Crippen molar-refractivity contribution in [3.63, 3.8) is 0 Å². The van der Waals surface area contributed by atoms with E-state index in [2.05, 4.69) is 10.2 Å². The molecule has 33 heavy (non-hydrogen) atoms. The molecule has 168 valence electrons.